The molecule has 0 bridgehead atoms. The second-order valence-corrected chi connectivity index (χ2v) is 7.95. The lowest BCUT2D eigenvalue weighted by Gasteiger charge is -2.25. The van der Waals surface area contributed by atoms with Crippen LogP contribution in [0.15, 0.2) is 82.9 Å². The van der Waals surface area contributed by atoms with Crippen molar-refractivity contribution in [1.82, 2.24) is 5.43 Å². The van der Waals surface area contributed by atoms with E-state index >= 15 is 0 Å². The lowest BCUT2D eigenvalue weighted by Crippen LogP contribution is -2.40. The molecule has 188 valence electrons. The number of aliphatic hydroxyl groups is 2. The van der Waals surface area contributed by atoms with Gasteiger partial charge >= 0.3 is 0 Å². The molecule has 3 aromatic carbocycles. The van der Waals surface area contributed by atoms with Crippen molar-refractivity contribution in [3.63, 3.8) is 0 Å². The Morgan fingerprint density at radius 3 is 2.32 bits per heavy atom. The predicted octanol–water partition coefficient (Wildman–Crippen LogP) is 2.77. The second-order valence-electron chi connectivity index (χ2n) is 7.95. The van der Waals surface area contributed by atoms with Crippen LogP contribution in [-0.2, 0) is 11.2 Å². The van der Waals surface area contributed by atoms with Crippen molar-refractivity contribution in [1.29, 1.82) is 0 Å². The van der Waals surface area contributed by atoms with Gasteiger partial charge in [0.15, 0.2) is 6.23 Å². The average Bonchev–Trinajstić information content (AvgIpc) is 2.89. The summed E-state index contributed by atoms with van der Waals surface area (Å²) in [6.07, 6.45) is -3.11. The van der Waals surface area contributed by atoms with E-state index < -0.39 is 28.1 Å². The molecule has 0 aliphatic carbocycles. The van der Waals surface area contributed by atoms with Crippen LogP contribution in [0.1, 0.15) is 17.2 Å². The Labute approximate surface area is 209 Å². The molecule has 0 unspecified atom stereocenters. The number of aliphatic hydroxyl groups excluding tert-OH is 2. The first-order valence-electron chi connectivity index (χ1n) is 10.9. The predicted molar refractivity (Wildman–Crippen MR) is 134 cm³/mol. The van der Waals surface area contributed by atoms with E-state index in [2.05, 4.69) is 20.8 Å². The highest BCUT2D eigenvalue weighted by molar-refractivity contribution is 6.46. The van der Waals surface area contributed by atoms with Crippen LogP contribution in [0.4, 0.5) is 22.7 Å². The van der Waals surface area contributed by atoms with E-state index in [-0.39, 0.29) is 46.2 Å². The SMILES string of the molecule is O=C(Cc1ccccc1)N/N=C(/C1=Nc2ccc([N+](=O)[O-])cc2N[C@@H]1O)[C@H](O)c1ccc([N+](=O)[O-])cc1. The maximum Gasteiger partial charge on any atom is 0.271 e. The molecule has 1 aliphatic rings. The fourth-order valence-electron chi connectivity index (χ4n) is 3.59. The molecule has 0 spiro atoms. The Morgan fingerprint density at radius 2 is 1.68 bits per heavy atom. The smallest absolute Gasteiger partial charge is 0.271 e. The zero-order chi connectivity index (χ0) is 26.5. The van der Waals surface area contributed by atoms with Crippen molar-refractivity contribution in [3.05, 3.63) is 104 Å². The molecule has 13 heteroatoms. The van der Waals surface area contributed by atoms with E-state index in [1.807, 2.05) is 0 Å². The van der Waals surface area contributed by atoms with Gasteiger partial charge in [0.25, 0.3) is 11.4 Å². The van der Waals surface area contributed by atoms with E-state index in [0.29, 0.717) is 0 Å². The van der Waals surface area contributed by atoms with Gasteiger partial charge in [0.2, 0.25) is 5.91 Å². The van der Waals surface area contributed by atoms with Crippen LogP contribution >= 0.6 is 0 Å². The standard InChI is InChI=1S/C24H20N6O7/c31-20(12-14-4-2-1-3-5-14)27-28-21(23(32)15-6-8-16(9-7-15)29(34)35)22-24(33)26-19-13-17(30(36)37)10-11-18(19)25-22/h1-11,13,23-24,26,32-33H,12H2,(H,27,31)/b28-21-/t23-,24-/m1/s1. The molecule has 1 amide bonds. The second kappa shape index (κ2) is 10.7. The number of benzene rings is 3. The monoisotopic (exact) mass is 504 g/mol. The number of non-ortho nitro benzene ring substituents is 2. The van der Waals surface area contributed by atoms with Gasteiger partial charge in [-0.1, -0.05) is 30.3 Å². The van der Waals surface area contributed by atoms with Gasteiger partial charge < -0.3 is 15.5 Å². The van der Waals surface area contributed by atoms with Gasteiger partial charge in [-0.2, -0.15) is 5.10 Å². The number of amides is 1. The van der Waals surface area contributed by atoms with Crippen LogP contribution in [0, 0.1) is 20.2 Å². The van der Waals surface area contributed by atoms with Crippen LogP contribution in [0.25, 0.3) is 0 Å². The Kier molecular flexibility index (Phi) is 7.27. The van der Waals surface area contributed by atoms with Crippen molar-refractivity contribution in [3.8, 4) is 0 Å². The molecule has 4 rings (SSSR count). The lowest BCUT2D eigenvalue weighted by atomic mass is 9.99. The molecular formula is C24H20N6O7. The summed E-state index contributed by atoms with van der Waals surface area (Å²) < 4.78 is 0. The first-order valence-corrected chi connectivity index (χ1v) is 10.9. The fraction of sp³-hybridized carbons (Fsp3) is 0.125. The van der Waals surface area contributed by atoms with E-state index in [1.54, 1.807) is 30.3 Å². The van der Waals surface area contributed by atoms with Gasteiger partial charge in [0.1, 0.15) is 17.5 Å². The third-order valence-electron chi connectivity index (χ3n) is 5.43. The van der Waals surface area contributed by atoms with Crippen molar-refractivity contribution in [2.24, 2.45) is 10.1 Å². The third-order valence-corrected chi connectivity index (χ3v) is 5.43. The van der Waals surface area contributed by atoms with Crippen molar-refractivity contribution in [2.45, 2.75) is 18.8 Å². The zero-order valence-electron chi connectivity index (χ0n) is 19.0. The number of rotatable bonds is 8. The number of hydrogen-bond acceptors (Lipinski definition) is 10. The van der Waals surface area contributed by atoms with Crippen LogP contribution in [-0.4, -0.2) is 43.6 Å². The van der Waals surface area contributed by atoms with E-state index in [9.17, 15) is 35.2 Å². The summed E-state index contributed by atoms with van der Waals surface area (Å²) >= 11 is 0. The number of anilines is 1. The number of carbonyl (C=O) groups excluding carboxylic acids is 1. The van der Waals surface area contributed by atoms with E-state index in [4.69, 9.17) is 0 Å². The Hall–Kier alpha value is -5.01. The summed E-state index contributed by atoms with van der Waals surface area (Å²) in [4.78, 5) is 37.7. The molecule has 13 nitrogen and oxygen atoms in total. The molecule has 0 aromatic heterocycles. The number of aliphatic imine (C=N–C) groups is 1. The summed E-state index contributed by atoms with van der Waals surface area (Å²) in [5, 5.41) is 50.6. The highest BCUT2D eigenvalue weighted by Crippen LogP contribution is 2.34. The van der Waals surface area contributed by atoms with Gasteiger partial charge in [0.05, 0.1) is 27.6 Å². The fourth-order valence-corrected chi connectivity index (χ4v) is 3.59. The van der Waals surface area contributed by atoms with E-state index in [0.717, 1.165) is 5.56 Å². The van der Waals surface area contributed by atoms with Gasteiger partial charge in [-0.25, -0.2) is 10.4 Å². The molecule has 1 aliphatic heterocycles. The van der Waals surface area contributed by atoms with Crippen molar-refractivity contribution >= 4 is 40.1 Å². The molecule has 1 heterocycles. The number of carbonyl (C=O) groups is 1. The van der Waals surface area contributed by atoms with E-state index in [1.165, 1.54) is 42.5 Å². The quantitative estimate of drug-likeness (QED) is 0.204. The molecule has 0 radical (unpaired) electrons. The Bertz CT molecular complexity index is 1410. The lowest BCUT2D eigenvalue weighted by molar-refractivity contribution is -0.385. The van der Waals surface area contributed by atoms with Crippen LogP contribution < -0.4 is 10.7 Å². The molecule has 2 atom stereocenters. The highest BCUT2D eigenvalue weighted by atomic mass is 16.6. The number of fused-ring (bicyclic) bond motifs is 1. The maximum absolute atomic E-state index is 12.5. The highest BCUT2D eigenvalue weighted by Gasteiger charge is 2.31. The summed E-state index contributed by atoms with van der Waals surface area (Å²) in [5.74, 6) is -0.505. The minimum Gasteiger partial charge on any atom is -0.382 e. The number of nitro benzene ring substituents is 2. The normalized spacial score (nSPS) is 15.6. The summed E-state index contributed by atoms with van der Waals surface area (Å²) in [6.45, 7) is 0. The van der Waals surface area contributed by atoms with Gasteiger partial charge in [-0.3, -0.25) is 25.0 Å². The average molecular weight is 504 g/mol. The van der Waals surface area contributed by atoms with Crippen LogP contribution in [0.3, 0.4) is 0 Å². The number of nitro groups is 2. The first kappa shape index (κ1) is 25.1. The van der Waals surface area contributed by atoms with Crippen LogP contribution in [0.2, 0.25) is 0 Å². The van der Waals surface area contributed by atoms with Gasteiger partial charge in [0, 0.05) is 24.3 Å². The Morgan fingerprint density at radius 1 is 1.03 bits per heavy atom. The molecule has 0 saturated heterocycles. The number of nitrogens with one attached hydrogen (secondary N) is 2. The summed E-state index contributed by atoms with van der Waals surface area (Å²) in [5.41, 5.74) is 2.86. The minimum atomic E-state index is -1.55. The maximum atomic E-state index is 12.5. The Balaban J connectivity index is 1.69. The summed E-state index contributed by atoms with van der Waals surface area (Å²) in [6, 6.07) is 17.6. The molecular weight excluding hydrogens is 484 g/mol. The van der Waals surface area contributed by atoms with Gasteiger partial charge in [-0.05, 0) is 29.3 Å². The van der Waals surface area contributed by atoms with Crippen molar-refractivity contribution < 1.29 is 24.9 Å². The zero-order valence-corrected chi connectivity index (χ0v) is 19.0. The first-order chi connectivity index (χ1) is 17.7. The number of hydrogen-bond donors (Lipinski definition) is 4. The minimum absolute atomic E-state index is 0.00890. The topological polar surface area (TPSA) is 193 Å². The number of nitrogens with zero attached hydrogens (tertiary/aromatic N) is 4. The molecule has 4 N–H and O–H groups in total. The molecule has 3 aromatic rings. The number of hydrazone groups is 1. The molecule has 37 heavy (non-hydrogen) atoms. The van der Waals surface area contributed by atoms with Crippen LogP contribution in [0.5, 0.6) is 0 Å². The third kappa shape index (κ3) is 5.80. The molecule has 0 saturated carbocycles. The largest absolute Gasteiger partial charge is 0.382 e. The van der Waals surface area contributed by atoms with Crippen molar-refractivity contribution in [2.75, 3.05) is 5.32 Å². The molecule has 0 fully saturated rings. The summed E-state index contributed by atoms with van der Waals surface area (Å²) in [7, 11) is 0. The van der Waals surface area contributed by atoms with Gasteiger partial charge in [-0.15, -0.1) is 0 Å².